The first-order chi connectivity index (χ1) is 18.4. The van der Waals surface area contributed by atoms with E-state index in [4.69, 9.17) is 9.47 Å². The summed E-state index contributed by atoms with van der Waals surface area (Å²) in [7, 11) is 0. The Morgan fingerprint density at radius 3 is 2.74 bits per heavy atom. The second-order valence-corrected chi connectivity index (χ2v) is 9.98. The minimum atomic E-state index is -1.37. The van der Waals surface area contributed by atoms with Crippen molar-refractivity contribution in [2.75, 3.05) is 18.5 Å². The Bertz CT molecular complexity index is 1410. The van der Waals surface area contributed by atoms with Gasteiger partial charge in [-0.05, 0) is 61.2 Å². The molecule has 0 aliphatic carbocycles. The van der Waals surface area contributed by atoms with E-state index in [1.54, 1.807) is 30.3 Å². The lowest BCUT2D eigenvalue weighted by Crippen LogP contribution is -2.55. The first-order valence-electron chi connectivity index (χ1n) is 12.9. The summed E-state index contributed by atoms with van der Waals surface area (Å²) in [6.45, 7) is 2.99. The number of para-hydroxylation sites is 1. The van der Waals surface area contributed by atoms with Crippen LogP contribution in [0.1, 0.15) is 42.4 Å². The third-order valence-corrected chi connectivity index (χ3v) is 8.03. The topological polar surface area (TPSA) is 93.9 Å². The summed E-state index contributed by atoms with van der Waals surface area (Å²) < 4.78 is 25.5. The summed E-state index contributed by atoms with van der Waals surface area (Å²) in [6.07, 6.45) is 1.62. The molecule has 0 radical (unpaired) electrons. The van der Waals surface area contributed by atoms with Crippen LogP contribution in [0, 0.1) is 15.9 Å². The zero-order valence-corrected chi connectivity index (χ0v) is 20.9. The first kappa shape index (κ1) is 24.4. The molecule has 0 unspecified atom stereocenters. The maximum Gasteiger partial charge on any atom is 0.256 e. The van der Waals surface area contributed by atoms with Crippen molar-refractivity contribution in [1.29, 1.82) is 0 Å². The van der Waals surface area contributed by atoms with E-state index < -0.39 is 17.5 Å². The number of hydrogen-bond donors (Lipinski definition) is 1. The van der Waals surface area contributed by atoms with Gasteiger partial charge in [-0.1, -0.05) is 36.4 Å². The van der Waals surface area contributed by atoms with Gasteiger partial charge in [0.25, 0.3) is 11.9 Å². The molecular formula is C29H28FN3O5. The van der Waals surface area contributed by atoms with Crippen LogP contribution in [0.25, 0.3) is 0 Å². The quantitative estimate of drug-likeness (QED) is 0.356. The van der Waals surface area contributed by atoms with E-state index in [1.165, 1.54) is 12.1 Å². The number of carbonyl (C=O) groups excluding carboxylic acids is 1. The van der Waals surface area contributed by atoms with Gasteiger partial charge in [-0.2, -0.15) is 0 Å². The van der Waals surface area contributed by atoms with Crippen molar-refractivity contribution in [1.82, 2.24) is 4.90 Å². The van der Waals surface area contributed by atoms with Crippen molar-refractivity contribution < 1.29 is 23.6 Å². The molecule has 3 aliphatic rings. The second-order valence-electron chi connectivity index (χ2n) is 9.98. The van der Waals surface area contributed by atoms with Crippen molar-refractivity contribution in [2.24, 2.45) is 0 Å². The molecule has 4 atom stereocenters. The van der Waals surface area contributed by atoms with Crippen LogP contribution < -0.4 is 14.8 Å². The van der Waals surface area contributed by atoms with Crippen molar-refractivity contribution in [3.8, 4) is 11.5 Å². The maximum absolute atomic E-state index is 13.6. The Morgan fingerprint density at radius 1 is 1.11 bits per heavy atom. The summed E-state index contributed by atoms with van der Waals surface area (Å²) in [6, 6.07) is 17.5. The van der Waals surface area contributed by atoms with E-state index in [0.717, 1.165) is 18.4 Å². The van der Waals surface area contributed by atoms with Crippen LogP contribution in [0.5, 0.6) is 11.5 Å². The largest absolute Gasteiger partial charge is 0.490 e. The molecular weight excluding hydrogens is 489 g/mol. The van der Waals surface area contributed by atoms with Gasteiger partial charge in [-0.25, -0.2) is 4.39 Å². The van der Waals surface area contributed by atoms with Gasteiger partial charge in [0, 0.05) is 28.8 Å². The average molecular weight is 518 g/mol. The van der Waals surface area contributed by atoms with Gasteiger partial charge in [0.2, 0.25) is 0 Å². The summed E-state index contributed by atoms with van der Waals surface area (Å²) in [5.41, 5.74) is 1.34. The third-order valence-electron chi connectivity index (χ3n) is 8.03. The molecule has 196 valence electrons. The molecule has 2 fully saturated rings. The number of nitro groups is 1. The molecule has 9 heteroatoms. The second kappa shape index (κ2) is 9.40. The molecule has 0 aromatic heterocycles. The molecule has 0 bridgehead atoms. The summed E-state index contributed by atoms with van der Waals surface area (Å²) in [4.78, 5) is 28.2. The molecule has 3 heterocycles. The van der Waals surface area contributed by atoms with Gasteiger partial charge in [-0.3, -0.25) is 19.8 Å². The smallest absolute Gasteiger partial charge is 0.256 e. The lowest BCUT2D eigenvalue weighted by Gasteiger charge is -2.32. The van der Waals surface area contributed by atoms with Crippen LogP contribution in [-0.2, 0) is 16.9 Å². The number of rotatable bonds is 7. The van der Waals surface area contributed by atoms with Crippen molar-refractivity contribution in [3.63, 3.8) is 0 Å². The van der Waals surface area contributed by atoms with Crippen LogP contribution in [0.4, 0.5) is 10.1 Å². The number of fused-ring (bicyclic) bond motifs is 4. The SMILES string of the molecule is CCOc1cc([C@H]2[C@H]([N+](=O)[O-])[C@@]3(C(=O)Nc4ccccc43)N3CCC[C@@H]23)ccc1OCc1cccc(F)c1. The van der Waals surface area contributed by atoms with Crippen molar-refractivity contribution in [3.05, 3.63) is 99.4 Å². The Balaban J connectivity index is 1.41. The van der Waals surface area contributed by atoms with Crippen molar-refractivity contribution in [2.45, 2.75) is 49.9 Å². The Morgan fingerprint density at radius 2 is 1.95 bits per heavy atom. The highest BCUT2D eigenvalue weighted by atomic mass is 19.1. The monoisotopic (exact) mass is 517 g/mol. The third kappa shape index (κ3) is 3.64. The number of ether oxygens (including phenoxy) is 2. The van der Waals surface area contributed by atoms with E-state index >= 15 is 0 Å². The summed E-state index contributed by atoms with van der Waals surface area (Å²) in [5, 5.41) is 15.7. The number of carbonyl (C=O) groups is 1. The van der Waals surface area contributed by atoms with Crippen LogP contribution in [-0.4, -0.2) is 41.0 Å². The molecule has 1 spiro atoms. The van der Waals surface area contributed by atoms with Crippen LogP contribution in [0.2, 0.25) is 0 Å². The molecule has 1 amide bonds. The predicted molar refractivity (Wildman–Crippen MR) is 138 cm³/mol. The standard InChI is InChI=1S/C29H28FN3O5/c1-2-37-25-16-19(12-13-24(25)38-17-18-7-5-8-20(30)15-18)26-23-11-6-14-32(23)29(27(26)33(35)36)21-9-3-4-10-22(21)31-28(29)34/h3-5,7-10,12-13,15-16,23,26-27H,2,6,11,14,17H2,1H3,(H,31,34)/t23-,26+,27-,29-/m0/s1. The zero-order chi connectivity index (χ0) is 26.4. The molecule has 3 aliphatic heterocycles. The number of halogens is 1. The van der Waals surface area contributed by atoms with E-state index in [1.807, 2.05) is 31.2 Å². The van der Waals surface area contributed by atoms with Gasteiger partial charge in [0.15, 0.2) is 17.0 Å². The predicted octanol–water partition coefficient (Wildman–Crippen LogP) is 4.86. The highest BCUT2D eigenvalue weighted by Crippen LogP contribution is 2.58. The number of amides is 1. The van der Waals surface area contributed by atoms with E-state index in [2.05, 4.69) is 10.2 Å². The lowest BCUT2D eigenvalue weighted by molar-refractivity contribution is -0.534. The molecule has 8 nitrogen and oxygen atoms in total. The van der Waals surface area contributed by atoms with E-state index in [-0.39, 0.29) is 29.3 Å². The molecule has 0 saturated carbocycles. The number of nitrogens with zero attached hydrogens (tertiary/aromatic N) is 2. The number of nitrogens with one attached hydrogen (secondary N) is 1. The van der Waals surface area contributed by atoms with Crippen molar-refractivity contribution >= 4 is 11.6 Å². The molecule has 2 saturated heterocycles. The van der Waals surface area contributed by atoms with Gasteiger partial charge in [-0.15, -0.1) is 0 Å². The number of hydrogen-bond acceptors (Lipinski definition) is 6. The lowest BCUT2D eigenvalue weighted by atomic mass is 9.77. The van der Waals surface area contributed by atoms with Crippen LogP contribution in [0.3, 0.4) is 0 Å². The van der Waals surface area contributed by atoms with Crippen LogP contribution in [0.15, 0.2) is 66.7 Å². The number of anilines is 1. The minimum absolute atomic E-state index is 0.147. The normalized spacial score (nSPS) is 25.7. The number of benzene rings is 3. The van der Waals surface area contributed by atoms with Gasteiger partial charge >= 0.3 is 0 Å². The summed E-state index contributed by atoms with van der Waals surface area (Å²) in [5.74, 6) is -0.274. The van der Waals surface area contributed by atoms with Gasteiger partial charge in [0.1, 0.15) is 12.4 Å². The van der Waals surface area contributed by atoms with E-state index in [0.29, 0.717) is 41.5 Å². The first-order valence-corrected chi connectivity index (χ1v) is 12.9. The molecule has 3 aromatic rings. The molecule has 1 N–H and O–H groups in total. The van der Waals surface area contributed by atoms with Gasteiger partial charge < -0.3 is 14.8 Å². The Hall–Kier alpha value is -3.98. The fourth-order valence-corrected chi connectivity index (χ4v) is 6.68. The maximum atomic E-state index is 13.6. The average Bonchev–Trinajstić information content (AvgIpc) is 3.56. The van der Waals surface area contributed by atoms with Gasteiger partial charge in [0.05, 0.1) is 12.5 Å². The van der Waals surface area contributed by atoms with E-state index in [9.17, 15) is 19.3 Å². The fourth-order valence-electron chi connectivity index (χ4n) is 6.68. The molecule has 3 aromatic carbocycles. The fraction of sp³-hybridized carbons (Fsp3) is 0.345. The zero-order valence-electron chi connectivity index (χ0n) is 20.9. The van der Waals surface area contributed by atoms with Crippen LogP contribution >= 0.6 is 0 Å². The minimum Gasteiger partial charge on any atom is -0.490 e. The Kier molecular flexibility index (Phi) is 6.03. The molecule has 38 heavy (non-hydrogen) atoms. The highest BCUT2D eigenvalue weighted by Gasteiger charge is 2.73. The molecule has 6 rings (SSSR count). The Labute approximate surface area is 219 Å². The summed E-state index contributed by atoms with van der Waals surface area (Å²) >= 11 is 0. The highest BCUT2D eigenvalue weighted by molar-refractivity contribution is 6.07.